The van der Waals surface area contributed by atoms with Crippen molar-refractivity contribution in [2.45, 2.75) is 283 Å². The van der Waals surface area contributed by atoms with E-state index in [9.17, 15) is 14.7 Å². The molecule has 1 atom stereocenters. The van der Waals surface area contributed by atoms with Crippen LogP contribution in [0.15, 0.2) is 109 Å². The summed E-state index contributed by atoms with van der Waals surface area (Å²) >= 11 is 0. The number of aliphatic hydroxyl groups excluding tert-OH is 1. The lowest BCUT2D eigenvalue weighted by Gasteiger charge is -2.15. The monoisotopic (exact) mass is 985 g/mol. The lowest BCUT2D eigenvalue weighted by Crippen LogP contribution is -2.28. The van der Waals surface area contributed by atoms with Gasteiger partial charge in [0, 0.05) is 12.8 Å². The van der Waals surface area contributed by atoms with Crippen molar-refractivity contribution in [3.05, 3.63) is 109 Å². The third kappa shape index (κ3) is 59.0. The molecule has 0 aromatic heterocycles. The molecular weight excluding hydrogens is 873 g/mol. The van der Waals surface area contributed by atoms with Crippen molar-refractivity contribution in [3.8, 4) is 0 Å². The highest BCUT2D eigenvalue weighted by atomic mass is 16.6. The summed E-state index contributed by atoms with van der Waals surface area (Å²) in [5.41, 5.74) is 0. The molecule has 71 heavy (non-hydrogen) atoms. The van der Waals surface area contributed by atoms with E-state index in [-0.39, 0.29) is 25.2 Å². The lowest BCUT2D eigenvalue weighted by molar-refractivity contribution is -0.161. The number of esters is 2. The van der Waals surface area contributed by atoms with Crippen molar-refractivity contribution in [2.75, 3.05) is 13.2 Å². The molecule has 0 saturated carbocycles. The molecule has 0 aliphatic rings. The molecule has 0 rings (SSSR count). The molecule has 5 heteroatoms. The summed E-state index contributed by atoms with van der Waals surface area (Å²) in [5.74, 6) is -0.592. The fraction of sp³-hybridized carbons (Fsp3) is 0.697. The first-order valence-electron chi connectivity index (χ1n) is 29.9. The second-order valence-electron chi connectivity index (χ2n) is 19.7. The molecule has 0 bridgehead atoms. The van der Waals surface area contributed by atoms with Gasteiger partial charge in [-0.05, 0) is 103 Å². The molecule has 1 unspecified atom stereocenters. The SMILES string of the molecule is CC/C=C\C/C=C\C/C=C\C/C=C\C/C=C\C/C=C\C/C=C\C/C=C\CCCCCCCCCCCCCCCCC(=O)OC(CO)COC(=O)CCCCCCCCC/C=C\CCCCCCCCC. The Hall–Kier alpha value is -3.44. The summed E-state index contributed by atoms with van der Waals surface area (Å²) in [4.78, 5) is 24.5. The third-order valence-electron chi connectivity index (χ3n) is 12.8. The minimum atomic E-state index is -0.779. The van der Waals surface area contributed by atoms with Crippen LogP contribution in [-0.2, 0) is 19.1 Å². The van der Waals surface area contributed by atoms with E-state index in [0.717, 1.165) is 89.9 Å². The topological polar surface area (TPSA) is 72.8 Å². The highest BCUT2D eigenvalue weighted by molar-refractivity contribution is 5.70. The van der Waals surface area contributed by atoms with Gasteiger partial charge in [-0.1, -0.05) is 271 Å². The average molecular weight is 986 g/mol. The Morgan fingerprint density at radius 1 is 0.338 bits per heavy atom. The Balaban J connectivity index is 3.51. The summed E-state index contributed by atoms with van der Waals surface area (Å²) in [7, 11) is 0. The Bertz CT molecular complexity index is 1390. The molecule has 0 saturated heterocycles. The van der Waals surface area contributed by atoms with Crippen molar-refractivity contribution in [1.29, 1.82) is 0 Å². The van der Waals surface area contributed by atoms with Crippen LogP contribution in [0.1, 0.15) is 277 Å². The zero-order valence-corrected chi connectivity index (χ0v) is 46.5. The quantitative estimate of drug-likeness (QED) is 0.0373. The van der Waals surface area contributed by atoms with Gasteiger partial charge in [-0.3, -0.25) is 9.59 Å². The fourth-order valence-corrected chi connectivity index (χ4v) is 8.33. The maximum Gasteiger partial charge on any atom is 0.306 e. The molecule has 406 valence electrons. The first kappa shape index (κ1) is 67.6. The summed E-state index contributed by atoms with van der Waals surface area (Å²) in [5, 5.41) is 9.65. The molecule has 0 aromatic carbocycles. The van der Waals surface area contributed by atoms with E-state index in [1.165, 1.54) is 161 Å². The van der Waals surface area contributed by atoms with E-state index in [2.05, 4.69) is 123 Å². The van der Waals surface area contributed by atoms with Gasteiger partial charge in [0.15, 0.2) is 6.10 Å². The van der Waals surface area contributed by atoms with Crippen LogP contribution in [0.4, 0.5) is 0 Å². The van der Waals surface area contributed by atoms with E-state index < -0.39 is 6.10 Å². The summed E-state index contributed by atoms with van der Waals surface area (Å²) in [6.45, 7) is 4.03. The lowest BCUT2D eigenvalue weighted by atomic mass is 10.0. The predicted octanol–water partition coefficient (Wildman–Crippen LogP) is 20.5. The molecule has 0 heterocycles. The van der Waals surface area contributed by atoms with Gasteiger partial charge in [0.2, 0.25) is 0 Å². The van der Waals surface area contributed by atoms with Gasteiger partial charge < -0.3 is 14.6 Å². The van der Waals surface area contributed by atoms with Gasteiger partial charge in [0.1, 0.15) is 6.61 Å². The van der Waals surface area contributed by atoms with Crippen LogP contribution in [0.3, 0.4) is 0 Å². The number of rotatable bonds is 54. The highest BCUT2D eigenvalue weighted by Crippen LogP contribution is 2.16. The molecule has 1 N–H and O–H groups in total. The normalized spacial score (nSPS) is 13.0. The third-order valence-corrected chi connectivity index (χ3v) is 12.8. The number of aliphatic hydroxyl groups is 1. The smallest absolute Gasteiger partial charge is 0.306 e. The van der Waals surface area contributed by atoms with Crippen LogP contribution in [0, 0.1) is 0 Å². The van der Waals surface area contributed by atoms with Crippen LogP contribution in [0.25, 0.3) is 0 Å². The average Bonchev–Trinajstić information content (AvgIpc) is 3.37. The van der Waals surface area contributed by atoms with Crippen LogP contribution in [-0.4, -0.2) is 36.4 Å². The molecule has 0 spiro atoms. The minimum absolute atomic E-state index is 0.0703. The number of carbonyl (C=O) groups is 2. The molecule has 0 aromatic rings. The van der Waals surface area contributed by atoms with Gasteiger partial charge >= 0.3 is 11.9 Å². The zero-order chi connectivity index (χ0) is 51.3. The Morgan fingerprint density at radius 3 is 0.930 bits per heavy atom. The number of hydrogen-bond donors (Lipinski definition) is 1. The van der Waals surface area contributed by atoms with Gasteiger partial charge in [0.25, 0.3) is 0 Å². The van der Waals surface area contributed by atoms with E-state index in [1.807, 2.05) is 0 Å². The Kier molecular flexibility index (Phi) is 57.9. The molecule has 5 nitrogen and oxygen atoms in total. The second kappa shape index (κ2) is 60.9. The maximum atomic E-state index is 12.3. The van der Waals surface area contributed by atoms with Crippen molar-refractivity contribution < 1.29 is 24.2 Å². The molecule has 0 amide bonds. The van der Waals surface area contributed by atoms with Gasteiger partial charge in [-0.2, -0.15) is 0 Å². The molecular formula is C66H112O5. The predicted molar refractivity (Wildman–Crippen MR) is 311 cm³/mol. The van der Waals surface area contributed by atoms with Crippen LogP contribution in [0.5, 0.6) is 0 Å². The number of allylic oxidation sites excluding steroid dienone is 18. The Labute approximate surface area is 440 Å². The standard InChI is InChI=1S/C66H112O5/c1-3-5-7-9-11-13-15-17-19-21-23-24-25-26-27-28-29-30-31-32-33-34-35-36-37-38-39-40-41-42-43-45-47-49-51-53-55-57-59-61-66(69)71-64(62-67)63-70-65(68)60-58-56-54-52-50-48-46-44-22-20-18-16-14-12-10-8-6-4-2/h5,7,11,13,17,19-20,22-24,26-27,29-30,32-33,35-36,64,67H,3-4,6,8-10,12,14-16,18,21,25,28,31,34,37-63H2,1-2H3/b7-5-,13-11-,19-17-,22-20-,24-23-,27-26-,30-29-,33-32-,36-35-. The van der Waals surface area contributed by atoms with E-state index >= 15 is 0 Å². The molecule has 0 aliphatic carbocycles. The largest absolute Gasteiger partial charge is 0.462 e. The van der Waals surface area contributed by atoms with Crippen molar-refractivity contribution in [3.63, 3.8) is 0 Å². The van der Waals surface area contributed by atoms with Crippen LogP contribution >= 0.6 is 0 Å². The first-order chi connectivity index (χ1) is 35.1. The minimum Gasteiger partial charge on any atom is -0.462 e. The maximum absolute atomic E-state index is 12.3. The summed E-state index contributed by atoms with van der Waals surface area (Å²) < 4.78 is 10.7. The van der Waals surface area contributed by atoms with Gasteiger partial charge in [-0.15, -0.1) is 0 Å². The van der Waals surface area contributed by atoms with E-state index in [4.69, 9.17) is 9.47 Å². The van der Waals surface area contributed by atoms with Crippen molar-refractivity contribution in [2.24, 2.45) is 0 Å². The molecule has 0 aliphatic heterocycles. The van der Waals surface area contributed by atoms with Gasteiger partial charge in [0.05, 0.1) is 6.61 Å². The number of hydrogen-bond acceptors (Lipinski definition) is 5. The zero-order valence-electron chi connectivity index (χ0n) is 46.5. The number of unbranched alkanes of at least 4 members (excludes halogenated alkanes) is 28. The molecule has 0 radical (unpaired) electrons. The fourth-order valence-electron chi connectivity index (χ4n) is 8.33. The van der Waals surface area contributed by atoms with Crippen molar-refractivity contribution >= 4 is 11.9 Å². The van der Waals surface area contributed by atoms with Crippen LogP contribution in [0.2, 0.25) is 0 Å². The van der Waals surface area contributed by atoms with Gasteiger partial charge in [-0.25, -0.2) is 0 Å². The van der Waals surface area contributed by atoms with Crippen molar-refractivity contribution in [1.82, 2.24) is 0 Å². The molecule has 0 fully saturated rings. The van der Waals surface area contributed by atoms with E-state index in [1.54, 1.807) is 0 Å². The highest BCUT2D eigenvalue weighted by Gasteiger charge is 2.16. The van der Waals surface area contributed by atoms with Crippen LogP contribution < -0.4 is 0 Å². The number of ether oxygens (including phenoxy) is 2. The summed E-state index contributed by atoms with van der Waals surface area (Å²) in [6, 6.07) is 0. The van der Waals surface area contributed by atoms with E-state index in [0.29, 0.717) is 12.8 Å². The number of carbonyl (C=O) groups excluding carboxylic acids is 2. The second-order valence-corrected chi connectivity index (χ2v) is 19.7. The Morgan fingerprint density at radius 2 is 0.606 bits per heavy atom. The first-order valence-corrected chi connectivity index (χ1v) is 29.9. The summed E-state index contributed by atoms with van der Waals surface area (Å²) in [6.07, 6.45) is 87.9.